The van der Waals surface area contributed by atoms with Crippen molar-refractivity contribution in [2.45, 2.75) is 6.42 Å². The summed E-state index contributed by atoms with van der Waals surface area (Å²) in [5.41, 5.74) is 2.24. The third-order valence-electron chi connectivity index (χ3n) is 3.53. The van der Waals surface area contributed by atoms with Gasteiger partial charge in [0.05, 0.1) is 11.4 Å². The zero-order valence-electron chi connectivity index (χ0n) is 12.7. The van der Waals surface area contributed by atoms with Crippen LogP contribution in [0.4, 0.5) is 15.8 Å². The van der Waals surface area contributed by atoms with E-state index in [1.165, 1.54) is 12.1 Å². The van der Waals surface area contributed by atoms with Crippen molar-refractivity contribution in [2.24, 2.45) is 5.14 Å². The Morgan fingerprint density at radius 3 is 2.92 bits per heavy atom. The monoisotopic (exact) mass is 345 g/mol. The minimum atomic E-state index is -0.353. The maximum atomic E-state index is 14.1. The second kappa shape index (κ2) is 7.43. The van der Waals surface area contributed by atoms with E-state index in [4.69, 9.17) is 5.14 Å². The molecule has 3 aromatic rings. The number of pyridine rings is 2. The van der Waals surface area contributed by atoms with E-state index in [9.17, 15) is 9.18 Å². The Bertz CT molecular complexity index is 914. The molecule has 5 N–H and O–H groups in total. The van der Waals surface area contributed by atoms with Crippen molar-refractivity contribution < 1.29 is 4.39 Å². The number of hydrogen-bond acceptors (Lipinski definition) is 6. The molecule has 0 atom stereocenters. The normalized spacial score (nSPS) is 10.9. The molecule has 8 heteroatoms. The average molecular weight is 345 g/mol. The highest BCUT2D eigenvalue weighted by molar-refractivity contribution is 7.95. The van der Waals surface area contributed by atoms with E-state index < -0.39 is 0 Å². The van der Waals surface area contributed by atoms with Gasteiger partial charge < -0.3 is 10.3 Å². The van der Waals surface area contributed by atoms with E-state index in [-0.39, 0.29) is 11.4 Å². The van der Waals surface area contributed by atoms with Crippen LogP contribution in [0.1, 0.15) is 5.56 Å². The second-order valence-electron chi connectivity index (χ2n) is 5.14. The third-order valence-corrected chi connectivity index (χ3v) is 3.90. The lowest BCUT2D eigenvalue weighted by Gasteiger charge is -2.11. The van der Waals surface area contributed by atoms with Crippen molar-refractivity contribution in [2.75, 3.05) is 11.9 Å². The smallest absolute Gasteiger partial charge is 0.249 e. The lowest BCUT2D eigenvalue weighted by molar-refractivity contribution is 0.631. The summed E-state index contributed by atoms with van der Waals surface area (Å²) in [6.45, 7) is 0.686. The van der Waals surface area contributed by atoms with Gasteiger partial charge in [0, 0.05) is 36.3 Å². The van der Waals surface area contributed by atoms with Gasteiger partial charge in [0.15, 0.2) is 0 Å². The Kier molecular flexibility index (Phi) is 5.09. The van der Waals surface area contributed by atoms with E-state index >= 15 is 0 Å². The lowest BCUT2D eigenvalue weighted by atomic mass is 10.1. The molecule has 0 aliphatic carbocycles. The van der Waals surface area contributed by atoms with Crippen molar-refractivity contribution >= 4 is 34.5 Å². The lowest BCUT2D eigenvalue weighted by Crippen LogP contribution is -2.11. The fourth-order valence-electron chi connectivity index (χ4n) is 2.39. The third kappa shape index (κ3) is 3.73. The molecule has 0 aliphatic rings. The van der Waals surface area contributed by atoms with Gasteiger partial charge in [-0.25, -0.2) is 9.37 Å². The predicted octanol–water partition coefficient (Wildman–Crippen LogP) is 2.46. The number of anilines is 2. The number of halogens is 1. The molecule has 24 heavy (non-hydrogen) atoms. The molecule has 0 bridgehead atoms. The fraction of sp³-hybridized carbons (Fsp3) is 0.125. The van der Waals surface area contributed by atoms with E-state index in [0.717, 1.165) is 24.1 Å². The number of aromatic amines is 1. The minimum Gasteiger partial charge on any atom is -0.352 e. The summed E-state index contributed by atoms with van der Waals surface area (Å²) >= 11 is 1.06. The van der Waals surface area contributed by atoms with Gasteiger partial charge >= 0.3 is 0 Å². The number of hydrogen-bond donors (Lipinski definition) is 4. The van der Waals surface area contributed by atoms with Crippen LogP contribution >= 0.6 is 12.1 Å². The minimum absolute atomic E-state index is 0.231. The van der Waals surface area contributed by atoms with E-state index in [1.807, 2.05) is 0 Å². The van der Waals surface area contributed by atoms with Crippen LogP contribution < -0.4 is 20.7 Å². The molecule has 0 saturated carbocycles. The van der Waals surface area contributed by atoms with Crippen LogP contribution in [-0.2, 0) is 6.42 Å². The van der Waals surface area contributed by atoms with Crippen LogP contribution in [-0.4, -0.2) is 16.5 Å². The van der Waals surface area contributed by atoms with Crippen molar-refractivity contribution in [3.05, 3.63) is 64.3 Å². The van der Waals surface area contributed by atoms with E-state index in [2.05, 4.69) is 20.0 Å². The first kappa shape index (κ1) is 16.4. The Morgan fingerprint density at radius 1 is 1.21 bits per heavy atom. The van der Waals surface area contributed by atoms with Gasteiger partial charge in [-0.15, -0.1) is 0 Å². The highest BCUT2D eigenvalue weighted by Gasteiger charge is 2.08. The molecule has 2 heterocycles. The summed E-state index contributed by atoms with van der Waals surface area (Å²) in [5, 5.41) is 9.10. The van der Waals surface area contributed by atoms with E-state index in [1.54, 1.807) is 30.5 Å². The molecule has 0 amide bonds. The summed E-state index contributed by atoms with van der Waals surface area (Å²) in [7, 11) is 0. The first-order valence-corrected chi connectivity index (χ1v) is 8.17. The van der Waals surface area contributed by atoms with Gasteiger partial charge in [-0.3, -0.25) is 14.7 Å². The molecule has 2 aromatic heterocycles. The van der Waals surface area contributed by atoms with Crippen molar-refractivity contribution in [3.8, 4) is 0 Å². The molecule has 0 unspecified atom stereocenters. The molecule has 124 valence electrons. The van der Waals surface area contributed by atoms with Gasteiger partial charge in [-0.05, 0) is 36.2 Å². The van der Waals surface area contributed by atoms with Gasteiger partial charge in [0.25, 0.3) is 0 Å². The van der Waals surface area contributed by atoms with Crippen LogP contribution in [0.3, 0.4) is 0 Å². The van der Waals surface area contributed by atoms with Crippen LogP contribution in [0.5, 0.6) is 0 Å². The van der Waals surface area contributed by atoms with E-state index in [0.29, 0.717) is 29.0 Å². The maximum absolute atomic E-state index is 14.1. The largest absolute Gasteiger partial charge is 0.352 e. The predicted molar refractivity (Wildman–Crippen MR) is 95.5 cm³/mol. The van der Waals surface area contributed by atoms with Crippen molar-refractivity contribution in [1.29, 1.82) is 0 Å². The number of rotatable bonds is 6. The SMILES string of the molecule is NSNCCc1ccc(F)c(Nc2ccnc3[nH]c(=O)ccc23)c1. The topological polar surface area (TPSA) is 95.8 Å². The van der Waals surface area contributed by atoms with Gasteiger partial charge in [-0.1, -0.05) is 6.07 Å². The molecule has 0 radical (unpaired) electrons. The van der Waals surface area contributed by atoms with Crippen LogP contribution in [0.2, 0.25) is 0 Å². The maximum Gasteiger partial charge on any atom is 0.249 e. The Labute approximate surface area is 141 Å². The summed E-state index contributed by atoms with van der Waals surface area (Å²) in [6, 6.07) is 9.74. The quantitative estimate of drug-likeness (QED) is 0.405. The molecule has 3 rings (SSSR count). The summed E-state index contributed by atoms with van der Waals surface area (Å²) in [4.78, 5) is 18.2. The van der Waals surface area contributed by atoms with Crippen molar-refractivity contribution in [3.63, 3.8) is 0 Å². The van der Waals surface area contributed by atoms with Crippen LogP contribution in [0, 0.1) is 5.82 Å². The number of benzene rings is 1. The number of H-pyrrole nitrogens is 1. The van der Waals surface area contributed by atoms with Crippen molar-refractivity contribution in [1.82, 2.24) is 14.7 Å². The summed E-state index contributed by atoms with van der Waals surface area (Å²) in [6.07, 6.45) is 2.29. The standard InChI is InChI=1S/C16H16FN5OS/c17-12-3-1-10(5-8-20-24-18)9-14(12)21-13-6-7-19-16-11(13)2-4-15(23)22-16/h1-4,6-7,9,20H,5,8,18H2,(H2,19,21,22,23). The molecule has 0 aliphatic heterocycles. The molecule has 1 aromatic carbocycles. The number of fused-ring (bicyclic) bond motifs is 1. The second-order valence-corrected chi connectivity index (χ2v) is 5.67. The first-order chi connectivity index (χ1) is 11.7. The van der Waals surface area contributed by atoms with Gasteiger partial charge in [0.1, 0.15) is 11.5 Å². The number of aromatic nitrogens is 2. The zero-order valence-corrected chi connectivity index (χ0v) is 13.5. The summed E-state index contributed by atoms with van der Waals surface area (Å²) < 4.78 is 17.1. The number of nitrogens with one attached hydrogen (secondary N) is 3. The average Bonchev–Trinajstić information content (AvgIpc) is 2.58. The highest BCUT2D eigenvalue weighted by Crippen LogP contribution is 2.26. The number of nitrogens with zero attached hydrogens (tertiary/aromatic N) is 1. The van der Waals surface area contributed by atoms with Gasteiger partial charge in [-0.2, -0.15) is 0 Å². The van der Waals surface area contributed by atoms with Crippen LogP contribution in [0.15, 0.2) is 47.4 Å². The molecule has 0 fully saturated rings. The number of nitrogens with two attached hydrogens (primary N) is 1. The van der Waals surface area contributed by atoms with Crippen LogP contribution in [0.25, 0.3) is 11.0 Å². The fourth-order valence-corrected chi connectivity index (χ4v) is 2.61. The van der Waals surface area contributed by atoms with Gasteiger partial charge in [0.2, 0.25) is 5.56 Å². The first-order valence-electron chi connectivity index (χ1n) is 7.29. The molecule has 0 saturated heterocycles. The molecule has 0 spiro atoms. The summed E-state index contributed by atoms with van der Waals surface area (Å²) in [5.74, 6) is -0.353. The Morgan fingerprint density at radius 2 is 2.08 bits per heavy atom. The zero-order chi connectivity index (χ0) is 16.9. The molecule has 6 nitrogen and oxygen atoms in total. The Balaban J connectivity index is 1.90. The Hall–Kier alpha value is -2.42. The molecular weight excluding hydrogens is 329 g/mol. The molecular formula is C16H16FN5OS. The highest BCUT2D eigenvalue weighted by atomic mass is 32.2.